The highest BCUT2D eigenvalue weighted by atomic mass is 19.1. The van der Waals surface area contributed by atoms with Crippen molar-refractivity contribution in [2.75, 3.05) is 0 Å². The van der Waals surface area contributed by atoms with Gasteiger partial charge in [0.2, 0.25) is 5.78 Å². The maximum absolute atomic E-state index is 12.7. The van der Waals surface area contributed by atoms with Gasteiger partial charge < -0.3 is 5.32 Å². The maximum Gasteiger partial charge on any atom is 0.292 e. The lowest BCUT2D eigenvalue weighted by atomic mass is 10.1. The van der Waals surface area contributed by atoms with Gasteiger partial charge in [0.05, 0.1) is 0 Å². The fraction of sp³-hybridized carbons (Fsp3) is 0.385. The molecule has 0 heterocycles. The predicted octanol–water partition coefficient (Wildman–Crippen LogP) is 2.07. The van der Waals surface area contributed by atoms with Crippen LogP contribution in [0, 0.1) is 5.82 Å². The molecule has 1 fully saturated rings. The van der Waals surface area contributed by atoms with Crippen molar-refractivity contribution in [1.29, 1.82) is 0 Å². The number of Topliss-reactive ketones (excluding diaryl/α,β-unsaturated/α-hetero) is 1. The van der Waals surface area contributed by atoms with Crippen molar-refractivity contribution in [3.8, 4) is 0 Å². The summed E-state index contributed by atoms with van der Waals surface area (Å²) in [5, 5.41) is 2.71. The third kappa shape index (κ3) is 2.90. The Morgan fingerprint density at radius 2 is 1.71 bits per heavy atom. The molecule has 0 atom stereocenters. The lowest BCUT2D eigenvalue weighted by Gasteiger charge is -2.10. The van der Waals surface area contributed by atoms with Crippen LogP contribution in [-0.4, -0.2) is 17.7 Å². The summed E-state index contributed by atoms with van der Waals surface area (Å²) < 4.78 is 12.7. The van der Waals surface area contributed by atoms with Crippen molar-refractivity contribution in [3.05, 3.63) is 35.6 Å². The molecule has 90 valence electrons. The molecule has 0 unspecified atom stereocenters. The van der Waals surface area contributed by atoms with Gasteiger partial charge in [-0.05, 0) is 37.1 Å². The molecule has 1 N–H and O–H groups in total. The summed E-state index contributed by atoms with van der Waals surface area (Å²) in [5.41, 5.74) is 0.224. The van der Waals surface area contributed by atoms with Crippen molar-refractivity contribution >= 4 is 11.7 Å². The molecule has 4 heteroatoms. The number of hydrogen-bond acceptors (Lipinski definition) is 2. The number of rotatable bonds is 3. The Hall–Kier alpha value is -1.71. The average molecular weight is 235 g/mol. The maximum atomic E-state index is 12.7. The Labute approximate surface area is 99.0 Å². The number of amides is 1. The molecule has 17 heavy (non-hydrogen) atoms. The molecule has 3 nitrogen and oxygen atoms in total. The summed E-state index contributed by atoms with van der Waals surface area (Å²) in [6.45, 7) is 0. The first-order chi connectivity index (χ1) is 8.16. The fourth-order valence-corrected chi connectivity index (χ4v) is 2.05. The fourth-order valence-electron chi connectivity index (χ4n) is 2.05. The summed E-state index contributed by atoms with van der Waals surface area (Å²) in [6, 6.07) is 5.12. The normalized spacial score (nSPS) is 15.8. The quantitative estimate of drug-likeness (QED) is 0.644. The van der Waals surface area contributed by atoms with E-state index in [0.717, 1.165) is 25.7 Å². The van der Waals surface area contributed by atoms with Crippen molar-refractivity contribution < 1.29 is 14.0 Å². The molecule has 0 radical (unpaired) electrons. The van der Waals surface area contributed by atoms with Gasteiger partial charge in [0.25, 0.3) is 5.91 Å². The Kier molecular flexibility index (Phi) is 3.52. The number of ketones is 1. The second-order valence-electron chi connectivity index (χ2n) is 4.29. The minimum absolute atomic E-state index is 0.117. The molecular weight excluding hydrogens is 221 g/mol. The van der Waals surface area contributed by atoms with E-state index in [0.29, 0.717) is 0 Å². The van der Waals surface area contributed by atoms with Gasteiger partial charge in [-0.1, -0.05) is 12.8 Å². The lowest BCUT2D eigenvalue weighted by Crippen LogP contribution is -2.37. The van der Waals surface area contributed by atoms with Gasteiger partial charge in [0.15, 0.2) is 0 Å². The Morgan fingerprint density at radius 3 is 2.29 bits per heavy atom. The Morgan fingerprint density at radius 1 is 1.12 bits per heavy atom. The molecule has 0 saturated heterocycles. The van der Waals surface area contributed by atoms with Gasteiger partial charge >= 0.3 is 0 Å². The molecule has 2 rings (SSSR count). The largest absolute Gasteiger partial charge is 0.346 e. The highest BCUT2D eigenvalue weighted by molar-refractivity contribution is 6.42. The zero-order valence-corrected chi connectivity index (χ0v) is 9.41. The summed E-state index contributed by atoms with van der Waals surface area (Å²) in [4.78, 5) is 23.3. The van der Waals surface area contributed by atoms with Gasteiger partial charge in [0, 0.05) is 11.6 Å². The average Bonchev–Trinajstić information content (AvgIpc) is 2.82. The van der Waals surface area contributed by atoms with Gasteiger partial charge in [-0.25, -0.2) is 4.39 Å². The molecular formula is C13H14FNO2. The first-order valence-corrected chi connectivity index (χ1v) is 5.77. The van der Waals surface area contributed by atoms with Crippen LogP contribution in [0.25, 0.3) is 0 Å². The van der Waals surface area contributed by atoms with Crippen LogP contribution >= 0.6 is 0 Å². The van der Waals surface area contributed by atoms with E-state index in [-0.39, 0.29) is 11.6 Å². The van der Waals surface area contributed by atoms with Crippen molar-refractivity contribution in [1.82, 2.24) is 5.32 Å². The molecule has 0 aliphatic heterocycles. The van der Waals surface area contributed by atoms with Crippen LogP contribution in [0.5, 0.6) is 0 Å². The molecule has 1 aliphatic rings. The topological polar surface area (TPSA) is 46.2 Å². The molecule has 1 aliphatic carbocycles. The van der Waals surface area contributed by atoms with Crippen LogP contribution in [0.4, 0.5) is 4.39 Å². The molecule has 0 spiro atoms. The smallest absolute Gasteiger partial charge is 0.292 e. The zero-order chi connectivity index (χ0) is 12.3. The SMILES string of the molecule is O=C(NC1CCCC1)C(=O)c1ccc(F)cc1. The monoisotopic (exact) mass is 235 g/mol. The number of halogens is 1. The van der Waals surface area contributed by atoms with Gasteiger partial charge in [-0.2, -0.15) is 0 Å². The van der Waals surface area contributed by atoms with Crippen LogP contribution in [0.3, 0.4) is 0 Å². The third-order valence-corrected chi connectivity index (χ3v) is 3.00. The standard InChI is InChI=1S/C13H14FNO2/c14-10-7-5-9(6-8-10)12(16)13(17)15-11-3-1-2-4-11/h5-8,11H,1-4H2,(H,15,17). The third-order valence-electron chi connectivity index (χ3n) is 3.00. The Bertz CT molecular complexity index is 422. The number of benzene rings is 1. The van der Waals surface area contributed by atoms with Crippen LogP contribution in [-0.2, 0) is 4.79 Å². The van der Waals surface area contributed by atoms with E-state index < -0.39 is 17.5 Å². The number of carbonyl (C=O) groups is 2. The molecule has 0 aromatic heterocycles. The molecule has 1 aromatic rings. The van der Waals surface area contributed by atoms with E-state index in [1.807, 2.05) is 0 Å². The van der Waals surface area contributed by atoms with Crippen molar-refractivity contribution in [3.63, 3.8) is 0 Å². The van der Waals surface area contributed by atoms with Crippen LogP contribution < -0.4 is 5.32 Å². The molecule has 1 amide bonds. The number of hydrogen-bond donors (Lipinski definition) is 1. The first-order valence-electron chi connectivity index (χ1n) is 5.77. The van der Waals surface area contributed by atoms with E-state index in [9.17, 15) is 14.0 Å². The van der Waals surface area contributed by atoms with E-state index >= 15 is 0 Å². The van der Waals surface area contributed by atoms with Crippen molar-refractivity contribution in [2.24, 2.45) is 0 Å². The van der Waals surface area contributed by atoms with Gasteiger partial charge in [-0.3, -0.25) is 9.59 Å². The summed E-state index contributed by atoms with van der Waals surface area (Å²) in [7, 11) is 0. The molecule has 1 saturated carbocycles. The van der Waals surface area contributed by atoms with E-state index in [1.54, 1.807) is 0 Å². The molecule has 1 aromatic carbocycles. The zero-order valence-electron chi connectivity index (χ0n) is 9.41. The summed E-state index contributed by atoms with van der Waals surface area (Å²) in [6.07, 6.45) is 4.05. The minimum atomic E-state index is -0.600. The molecule has 0 bridgehead atoms. The second-order valence-corrected chi connectivity index (χ2v) is 4.29. The van der Waals surface area contributed by atoms with E-state index in [1.165, 1.54) is 24.3 Å². The summed E-state index contributed by atoms with van der Waals surface area (Å²) >= 11 is 0. The van der Waals surface area contributed by atoms with E-state index in [4.69, 9.17) is 0 Å². The van der Waals surface area contributed by atoms with Gasteiger partial charge in [-0.15, -0.1) is 0 Å². The lowest BCUT2D eigenvalue weighted by molar-refractivity contribution is -0.117. The van der Waals surface area contributed by atoms with Crippen LogP contribution in [0.2, 0.25) is 0 Å². The van der Waals surface area contributed by atoms with Crippen LogP contribution in [0.15, 0.2) is 24.3 Å². The highest BCUT2D eigenvalue weighted by Gasteiger charge is 2.22. The van der Waals surface area contributed by atoms with Crippen LogP contribution in [0.1, 0.15) is 36.0 Å². The highest BCUT2D eigenvalue weighted by Crippen LogP contribution is 2.17. The summed E-state index contributed by atoms with van der Waals surface area (Å²) in [5.74, 6) is -1.61. The second kappa shape index (κ2) is 5.08. The minimum Gasteiger partial charge on any atom is -0.346 e. The first kappa shape index (κ1) is 11.8. The van der Waals surface area contributed by atoms with Gasteiger partial charge in [0.1, 0.15) is 5.82 Å². The number of carbonyl (C=O) groups excluding carboxylic acids is 2. The number of nitrogens with one attached hydrogen (secondary N) is 1. The predicted molar refractivity (Wildman–Crippen MR) is 61.1 cm³/mol. The van der Waals surface area contributed by atoms with E-state index in [2.05, 4.69) is 5.32 Å². The Balaban J connectivity index is 1.99. The van der Waals surface area contributed by atoms with Crippen molar-refractivity contribution in [2.45, 2.75) is 31.7 Å².